The molecule has 0 saturated heterocycles. The van der Waals surface area contributed by atoms with E-state index in [4.69, 9.17) is 4.74 Å². The summed E-state index contributed by atoms with van der Waals surface area (Å²) in [5.41, 5.74) is 3.94. The Morgan fingerprint density at radius 2 is 1.29 bits per heavy atom. The Kier molecular flexibility index (Phi) is 13.6. The standard InChI is InChI=1S/C26H48O2/c1-23-19-18-21-26(3,4)25(23)20-16-14-12-10-8-6-5-7-9-11-13-15-17-22-28-24(2)27/h5-22H2,1-4H3. The summed E-state index contributed by atoms with van der Waals surface area (Å²) < 4.78 is 4.95. The lowest BCUT2D eigenvalue weighted by Gasteiger charge is -2.34. The topological polar surface area (TPSA) is 26.3 Å². The quantitative estimate of drug-likeness (QED) is 0.149. The minimum atomic E-state index is -0.152. The van der Waals surface area contributed by atoms with Crippen LogP contribution in [0.5, 0.6) is 0 Å². The Morgan fingerprint density at radius 3 is 1.75 bits per heavy atom. The molecule has 1 aliphatic rings. The largest absolute Gasteiger partial charge is 0.466 e. The number of carbonyl (C=O) groups is 1. The molecule has 0 saturated carbocycles. The van der Waals surface area contributed by atoms with Crippen molar-refractivity contribution in [3.8, 4) is 0 Å². The molecule has 0 aliphatic heterocycles. The maximum absolute atomic E-state index is 10.7. The Morgan fingerprint density at radius 1 is 0.821 bits per heavy atom. The second kappa shape index (κ2) is 15.1. The van der Waals surface area contributed by atoms with Crippen molar-refractivity contribution in [2.45, 2.75) is 137 Å². The summed E-state index contributed by atoms with van der Waals surface area (Å²) in [6.07, 6.45) is 23.0. The molecule has 0 aromatic rings. The molecule has 0 amide bonds. The fourth-order valence-corrected chi connectivity index (χ4v) is 4.79. The molecular formula is C26H48O2. The summed E-state index contributed by atoms with van der Waals surface area (Å²) in [7, 11) is 0. The van der Waals surface area contributed by atoms with Gasteiger partial charge in [-0.2, -0.15) is 0 Å². The lowest BCUT2D eigenvalue weighted by molar-refractivity contribution is -0.141. The van der Waals surface area contributed by atoms with Gasteiger partial charge in [-0.1, -0.05) is 95.6 Å². The molecule has 0 aromatic heterocycles. The minimum Gasteiger partial charge on any atom is -0.466 e. The predicted molar refractivity (Wildman–Crippen MR) is 122 cm³/mol. The van der Waals surface area contributed by atoms with Crippen LogP contribution in [0.1, 0.15) is 137 Å². The van der Waals surface area contributed by atoms with Gasteiger partial charge in [-0.15, -0.1) is 0 Å². The molecule has 0 heterocycles. The van der Waals surface area contributed by atoms with Gasteiger partial charge in [-0.3, -0.25) is 4.79 Å². The number of esters is 1. The van der Waals surface area contributed by atoms with Gasteiger partial charge in [0.1, 0.15) is 0 Å². The SMILES string of the molecule is CC(=O)OCCCCCCCCCCCCCCCC1=C(C)CCCC1(C)C. The highest BCUT2D eigenvalue weighted by Gasteiger charge is 2.27. The van der Waals surface area contributed by atoms with Crippen LogP contribution in [0.2, 0.25) is 0 Å². The lowest BCUT2D eigenvalue weighted by Crippen LogP contribution is -2.20. The van der Waals surface area contributed by atoms with E-state index in [0.717, 1.165) is 6.42 Å². The van der Waals surface area contributed by atoms with Crippen LogP contribution in [0, 0.1) is 5.41 Å². The molecule has 0 aromatic carbocycles. The minimum absolute atomic E-state index is 0.152. The van der Waals surface area contributed by atoms with E-state index < -0.39 is 0 Å². The predicted octanol–water partition coefficient (Wildman–Crippen LogP) is 8.54. The van der Waals surface area contributed by atoms with Gasteiger partial charge in [-0.25, -0.2) is 0 Å². The van der Waals surface area contributed by atoms with E-state index in [2.05, 4.69) is 20.8 Å². The number of allylic oxidation sites excluding steroid dienone is 2. The Bertz CT molecular complexity index is 447. The first kappa shape index (κ1) is 25.2. The van der Waals surface area contributed by atoms with Crippen molar-refractivity contribution in [3.05, 3.63) is 11.1 Å². The van der Waals surface area contributed by atoms with Gasteiger partial charge in [0.2, 0.25) is 0 Å². The highest BCUT2D eigenvalue weighted by atomic mass is 16.5. The van der Waals surface area contributed by atoms with Crippen LogP contribution >= 0.6 is 0 Å². The lowest BCUT2D eigenvalue weighted by atomic mass is 9.71. The normalized spacial score (nSPS) is 16.4. The van der Waals surface area contributed by atoms with E-state index in [-0.39, 0.29) is 5.97 Å². The van der Waals surface area contributed by atoms with Crippen molar-refractivity contribution < 1.29 is 9.53 Å². The summed E-state index contributed by atoms with van der Waals surface area (Å²) in [4.78, 5) is 10.7. The van der Waals surface area contributed by atoms with Crippen molar-refractivity contribution in [2.75, 3.05) is 6.61 Å². The van der Waals surface area contributed by atoms with Crippen molar-refractivity contribution in [2.24, 2.45) is 5.41 Å². The average molecular weight is 393 g/mol. The molecule has 0 radical (unpaired) electrons. The highest BCUT2D eigenvalue weighted by Crippen LogP contribution is 2.42. The molecule has 0 fully saturated rings. The van der Waals surface area contributed by atoms with Crippen molar-refractivity contribution in [3.63, 3.8) is 0 Å². The Balaban J connectivity index is 1.84. The summed E-state index contributed by atoms with van der Waals surface area (Å²) >= 11 is 0. The first-order valence-electron chi connectivity index (χ1n) is 12.3. The molecule has 2 heteroatoms. The molecule has 164 valence electrons. The first-order valence-corrected chi connectivity index (χ1v) is 12.3. The van der Waals surface area contributed by atoms with Gasteiger partial charge >= 0.3 is 5.97 Å². The average Bonchev–Trinajstić information content (AvgIpc) is 2.62. The summed E-state index contributed by atoms with van der Waals surface area (Å²) in [5, 5.41) is 0. The van der Waals surface area contributed by atoms with Gasteiger partial charge in [0.05, 0.1) is 6.61 Å². The number of hydrogen-bond donors (Lipinski definition) is 0. The molecule has 0 unspecified atom stereocenters. The maximum Gasteiger partial charge on any atom is 0.302 e. The second-order valence-electron chi connectivity index (χ2n) is 9.68. The van der Waals surface area contributed by atoms with E-state index in [1.807, 2.05) is 0 Å². The smallest absolute Gasteiger partial charge is 0.302 e. The van der Waals surface area contributed by atoms with Crippen LogP contribution in [0.3, 0.4) is 0 Å². The second-order valence-corrected chi connectivity index (χ2v) is 9.68. The number of carbonyl (C=O) groups excluding carboxylic acids is 1. The van der Waals surface area contributed by atoms with Gasteiger partial charge in [-0.05, 0) is 50.9 Å². The molecule has 28 heavy (non-hydrogen) atoms. The molecular weight excluding hydrogens is 344 g/mol. The summed E-state index contributed by atoms with van der Waals surface area (Å²) in [6, 6.07) is 0. The van der Waals surface area contributed by atoms with Gasteiger partial charge in [0.25, 0.3) is 0 Å². The number of rotatable bonds is 16. The first-order chi connectivity index (χ1) is 13.4. The molecule has 1 aliphatic carbocycles. The molecule has 2 nitrogen and oxygen atoms in total. The van der Waals surface area contributed by atoms with Gasteiger partial charge in [0, 0.05) is 6.92 Å². The van der Waals surface area contributed by atoms with Crippen LogP contribution in [0.15, 0.2) is 11.1 Å². The van der Waals surface area contributed by atoms with Gasteiger partial charge in [0.15, 0.2) is 0 Å². The van der Waals surface area contributed by atoms with E-state index in [0.29, 0.717) is 12.0 Å². The number of ether oxygens (including phenoxy) is 1. The van der Waals surface area contributed by atoms with Gasteiger partial charge < -0.3 is 4.74 Å². The third-order valence-electron chi connectivity index (χ3n) is 6.56. The zero-order valence-corrected chi connectivity index (χ0v) is 19.5. The zero-order valence-electron chi connectivity index (χ0n) is 19.5. The molecule has 0 spiro atoms. The Labute approximate surface area is 175 Å². The Hall–Kier alpha value is -0.790. The van der Waals surface area contributed by atoms with Crippen LogP contribution in [0.25, 0.3) is 0 Å². The molecule has 0 N–H and O–H groups in total. The highest BCUT2D eigenvalue weighted by molar-refractivity contribution is 5.65. The van der Waals surface area contributed by atoms with Crippen LogP contribution in [-0.4, -0.2) is 12.6 Å². The van der Waals surface area contributed by atoms with Crippen LogP contribution in [0.4, 0.5) is 0 Å². The molecule has 0 bridgehead atoms. The fourth-order valence-electron chi connectivity index (χ4n) is 4.79. The van der Waals surface area contributed by atoms with Crippen molar-refractivity contribution in [1.29, 1.82) is 0 Å². The van der Waals surface area contributed by atoms with Crippen molar-refractivity contribution >= 4 is 5.97 Å². The van der Waals surface area contributed by atoms with E-state index in [9.17, 15) is 4.79 Å². The fraction of sp³-hybridized carbons (Fsp3) is 0.885. The van der Waals surface area contributed by atoms with Crippen LogP contribution < -0.4 is 0 Å². The summed E-state index contributed by atoms with van der Waals surface area (Å²) in [6.45, 7) is 9.36. The number of hydrogen-bond acceptors (Lipinski definition) is 2. The van der Waals surface area contributed by atoms with Crippen LogP contribution in [-0.2, 0) is 9.53 Å². The zero-order chi connectivity index (χ0) is 20.7. The van der Waals surface area contributed by atoms with E-state index in [1.54, 1.807) is 11.1 Å². The third kappa shape index (κ3) is 11.9. The van der Waals surface area contributed by atoms with Crippen molar-refractivity contribution in [1.82, 2.24) is 0 Å². The third-order valence-corrected chi connectivity index (χ3v) is 6.56. The summed E-state index contributed by atoms with van der Waals surface area (Å²) in [5.74, 6) is -0.152. The van der Waals surface area contributed by atoms with E-state index in [1.165, 1.54) is 110 Å². The maximum atomic E-state index is 10.7. The molecule has 1 rings (SSSR count). The number of unbranched alkanes of at least 4 members (excludes halogenated alkanes) is 12. The monoisotopic (exact) mass is 392 g/mol. The molecule has 0 atom stereocenters. The van der Waals surface area contributed by atoms with E-state index >= 15 is 0 Å².